The van der Waals surface area contributed by atoms with Crippen molar-refractivity contribution in [1.29, 1.82) is 0 Å². The van der Waals surface area contributed by atoms with Crippen LogP contribution < -0.4 is 5.32 Å². The minimum Gasteiger partial charge on any atom is -0.378 e. The number of nitrogens with zero attached hydrogens (tertiary/aromatic N) is 4. The Morgan fingerprint density at radius 1 is 0.486 bits per heavy atom. The number of allylic oxidation sites excluding steroid dienone is 2. The summed E-state index contributed by atoms with van der Waals surface area (Å²) < 4.78 is 5.10. The minimum absolute atomic E-state index is 0.318. The van der Waals surface area contributed by atoms with E-state index in [1.807, 2.05) is 12.4 Å². The molecule has 0 amide bonds. The average Bonchev–Trinajstić information content (AvgIpc) is 4.15. The van der Waals surface area contributed by atoms with Gasteiger partial charge in [0.15, 0.2) is 0 Å². The van der Waals surface area contributed by atoms with E-state index in [4.69, 9.17) is 0 Å². The predicted octanol–water partition coefficient (Wildman–Crippen LogP) is 15.1. The number of para-hydroxylation sites is 1. The second-order valence-corrected chi connectivity index (χ2v) is 20.2. The highest BCUT2D eigenvalue weighted by molar-refractivity contribution is 6.17. The van der Waals surface area contributed by atoms with E-state index in [2.05, 4.69) is 201 Å². The molecule has 6 heteroatoms. The van der Waals surface area contributed by atoms with Crippen molar-refractivity contribution in [2.24, 2.45) is 0 Å². The molecule has 0 fully saturated rings. The van der Waals surface area contributed by atoms with Crippen molar-refractivity contribution in [1.82, 2.24) is 24.1 Å². The highest BCUT2D eigenvalue weighted by atomic mass is 15.0. The van der Waals surface area contributed by atoms with E-state index < -0.39 is 0 Å². The number of pyridine rings is 2. The molecule has 3 aliphatic carbocycles. The molecular weight excluding hydrogens is 853 g/mol. The summed E-state index contributed by atoms with van der Waals surface area (Å²) in [6.45, 7) is 4.21. The quantitative estimate of drug-likeness (QED) is 0.185. The van der Waals surface area contributed by atoms with E-state index in [0.29, 0.717) is 12.0 Å². The normalized spacial score (nSPS) is 16.5. The molecule has 0 spiro atoms. The molecule has 70 heavy (non-hydrogen) atoms. The van der Waals surface area contributed by atoms with Gasteiger partial charge in [-0.3, -0.25) is 9.97 Å². The van der Waals surface area contributed by atoms with Crippen LogP contribution in [0.4, 0.5) is 5.69 Å². The first-order chi connectivity index (χ1) is 34.5. The summed E-state index contributed by atoms with van der Waals surface area (Å²) in [4.78, 5) is 13.0. The van der Waals surface area contributed by atoms with E-state index in [1.165, 1.54) is 132 Å². The highest BCUT2D eigenvalue weighted by Crippen LogP contribution is 2.52. The molecule has 0 bridgehead atoms. The number of nitrogens with one attached hydrogen (secondary N) is 2. The Hall–Kier alpha value is -8.48. The minimum atomic E-state index is 0.318. The van der Waals surface area contributed by atoms with Crippen LogP contribution in [-0.4, -0.2) is 30.1 Å². The predicted molar refractivity (Wildman–Crippen MR) is 289 cm³/mol. The maximum Gasteiger partial charge on any atom is 0.0579 e. The van der Waals surface area contributed by atoms with Crippen LogP contribution in [0.15, 0.2) is 170 Å². The van der Waals surface area contributed by atoms with Gasteiger partial charge in [-0.05, 0) is 192 Å². The van der Waals surface area contributed by atoms with Crippen LogP contribution in [0.2, 0.25) is 0 Å². The maximum atomic E-state index is 4.67. The largest absolute Gasteiger partial charge is 0.378 e. The fraction of sp³-hybridized carbons (Fsp3) is 0.125. The third-order valence-corrected chi connectivity index (χ3v) is 16.3. The second-order valence-electron chi connectivity index (χ2n) is 20.2. The van der Waals surface area contributed by atoms with E-state index >= 15 is 0 Å². The summed E-state index contributed by atoms with van der Waals surface area (Å²) in [7, 11) is 0. The Bertz CT molecular complexity index is 4380. The number of rotatable bonds is 4. The molecule has 6 nitrogen and oxygen atoms in total. The molecule has 2 N–H and O–H groups in total. The first-order valence-corrected chi connectivity index (χ1v) is 24.9. The van der Waals surface area contributed by atoms with Gasteiger partial charge in [0.25, 0.3) is 0 Å². The topological polar surface area (TPSA) is 63.5 Å². The zero-order valence-corrected chi connectivity index (χ0v) is 38.9. The van der Waals surface area contributed by atoms with Crippen molar-refractivity contribution in [2.75, 3.05) is 5.32 Å². The van der Waals surface area contributed by atoms with Gasteiger partial charge in [-0.2, -0.15) is 0 Å². The summed E-state index contributed by atoms with van der Waals surface area (Å²) in [6, 6.07) is 51.2. The lowest BCUT2D eigenvalue weighted by Gasteiger charge is -2.31. The fourth-order valence-corrected chi connectivity index (χ4v) is 13.3. The molecule has 2 atom stereocenters. The van der Waals surface area contributed by atoms with Crippen molar-refractivity contribution in [2.45, 2.75) is 51.5 Å². The van der Waals surface area contributed by atoms with Gasteiger partial charge in [0.1, 0.15) is 0 Å². The lowest BCUT2D eigenvalue weighted by atomic mass is 9.74. The molecule has 0 radical (unpaired) electrons. The fourth-order valence-electron chi connectivity index (χ4n) is 13.3. The second kappa shape index (κ2) is 14.1. The molecule has 332 valence electrons. The Morgan fingerprint density at radius 2 is 1.04 bits per heavy atom. The third-order valence-electron chi connectivity index (χ3n) is 16.3. The van der Waals surface area contributed by atoms with Crippen LogP contribution in [0.1, 0.15) is 45.1 Å². The summed E-state index contributed by atoms with van der Waals surface area (Å²) >= 11 is 0. The maximum absolute atomic E-state index is 4.67. The smallest absolute Gasteiger partial charge is 0.0579 e. The van der Waals surface area contributed by atoms with Gasteiger partial charge in [-0.15, -0.1) is 0 Å². The summed E-state index contributed by atoms with van der Waals surface area (Å²) in [5.74, 6) is 0.355. The van der Waals surface area contributed by atoms with Gasteiger partial charge < -0.3 is 19.4 Å². The van der Waals surface area contributed by atoms with Crippen LogP contribution in [0.3, 0.4) is 0 Å². The molecule has 16 rings (SSSR count). The van der Waals surface area contributed by atoms with Crippen molar-refractivity contribution >= 4 is 71.1 Å². The van der Waals surface area contributed by atoms with Crippen molar-refractivity contribution in [3.05, 3.63) is 209 Å². The van der Waals surface area contributed by atoms with E-state index in [9.17, 15) is 0 Å². The Balaban J connectivity index is 0.925. The van der Waals surface area contributed by atoms with Crippen LogP contribution in [0.25, 0.3) is 110 Å². The number of aryl methyl sites for hydroxylation is 6. The molecule has 2 unspecified atom stereocenters. The Labute approximate surface area is 404 Å². The number of aromatic amines is 1. The molecule has 0 saturated carbocycles. The number of aromatic nitrogens is 5. The Kier molecular flexibility index (Phi) is 7.73. The van der Waals surface area contributed by atoms with E-state index in [0.717, 1.165) is 48.4 Å². The molecule has 0 saturated heterocycles. The molecular formula is C64H46N6. The molecule has 7 aromatic carbocycles. The third kappa shape index (κ3) is 5.33. The van der Waals surface area contributed by atoms with Gasteiger partial charge >= 0.3 is 0 Å². The van der Waals surface area contributed by atoms with E-state index in [-0.39, 0.29) is 0 Å². The summed E-state index contributed by atoms with van der Waals surface area (Å²) in [5, 5.41) is 11.5. The average molecular weight is 899 g/mol. The molecule has 4 aliphatic rings. The SMILES string of the molecule is Cc1cc(-n2c3ccc(-c4ccc5c(c4)C4C=CC=CC4N5)cc3c3cc4c5c(c32)CCc2cc3c6cc(-c7ccc8[nH]c9ccccc9c8c7)ccc6n(-c6ccnc(C)c6)c3c(c2-5)CC4)ccn1. The Morgan fingerprint density at radius 3 is 1.69 bits per heavy atom. The van der Waals surface area contributed by atoms with Crippen LogP contribution in [-0.2, 0) is 25.7 Å². The summed E-state index contributed by atoms with van der Waals surface area (Å²) in [5.41, 5.74) is 28.2. The lowest BCUT2D eigenvalue weighted by molar-refractivity contribution is 0.805. The van der Waals surface area contributed by atoms with Gasteiger partial charge in [-0.1, -0.05) is 66.8 Å². The zero-order chi connectivity index (χ0) is 45.9. The first kappa shape index (κ1) is 38.5. The lowest BCUT2D eigenvalue weighted by Crippen LogP contribution is -2.17. The van der Waals surface area contributed by atoms with Gasteiger partial charge in [0, 0.05) is 90.1 Å². The molecule has 6 heterocycles. The molecule has 1 aliphatic heterocycles. The van der Waals surface area contributed by atoms with Crippen molar-refractivity contribution < 1.29 is 0 Å². The molecule has 5 aromatic heterocycles. The van der Waals surface area contributed by atoms with Gasteiger partial charge in [0.2, 0.25) is 0 Å². The first-order valence-electron chi connectivity index (χ1n) is 24.9. The number of hydrogen-bond acceptors (Lipinski definition) is 3. The van der Waals surface area contributed by atoms with Crippen molar-refractivity contribution in [3.8, 4) is 44.8 Å². The van der Waals surface area contributed by atoms with Crippen molar-refractivity contribution in [3.63, 3.8) is 0 Å². The standard InChI is InChI=1S/C64H46N6/c1-35-27-43(23-25-65-35)69-59-21-15-39(37-13-19-57-49(29-37)45-7-3-5-9-55(45)67-57)31-51(59)53-33-41-12-18-48-62-42(11-17-47(61(41)62)63(53)69)34-54-52-32-40(16-22-60(52)70(64(48)54)44-24-26-66-36(2)28-44)38-14-20-58-50(30-38)46-8-4-6-10-56(46)68-58/h3-10,13-16,19-34,45,55,67-68H,11-12,17-18H2,1-2H3. The van der Waals surface area contributed by atoms with Crippen LogP contribution in [0.5, 0.6) is 0 Å². The van der Waals surface area contributed by atoms with Crippen LogP contribution in [0, 0.1) is 13.8 Å². The highest BCUT2D eigenvalue weighted by Gasteiger charge is 2.34. The number of fused-ring (bicyclic) bond motifs is 14. The number of H-pyrrole nitrogens is 1. The van der Waals surface area contributed by atoms with Crippen LogP contribution >= 0.6 is 0 Å². The molecule has 12 aromatic rings. The number of hydrogen-bond donors (Lipinski definition) is 2. The number of anilines is 1. The van der Waals surface area contributed by atoms with Gasteiger partial charge in [0.05, 0.1) is 28.1 Å². The zero-order valence-electron chi connectivity index (χ0n) is 38.9. The van der Waals surface area contributed by atoms with Gasteiger partial charge in [-0.25, -0.2) is 0 Å². The van der Waals surface area contributed by atoms with E-state index in [1.54, 1.807) is 0 Å². The summed E-state index contributed by atoms with van der Waals surface area (Å²) in [6.07, 6.45) is 16.8. The number of benzene rings is 7. The monoisotopic (exact) mass is 898 g/mol.